The lowest BCUT2D eigenvalue weighted by atomic mass is 9.89. The van der Waals surface area contributed by atoms with Crippen LogP contribution >= 0.6 is 0 Å². The van der Waals surface area contributed by atoms with Gasteiger partial charge in [0.15, 0.2) is 5.58 Å². The van der Waals surface area contributed by atoms with E-state index in [1.165, 1.54) is 5.56 Å². The predicted molar refractivity (Wildman–Crippen MR) is 84.2 cm³/mol. The van der Waals surface area contributed by atoms with E-state index < -0.39 is 0 Å². The summed E-state index contributed by atoms with van der Waals surface area (Å²) in [4.78, 5) is 0. The summed E-state index contributed by atoms with van der Waals surface area (Å²) in [6.07, 6.45) is 0.411. The zero-order valence-corrected chi connectivity index (χ0v) is 12.3. The fourth-order valence-corrected chi connectivity index (χ4v) is 2.86. The Hall–Kier alpha value is -2.13. The smallest absolute Gasteiger partial charge is 0.167 e. The average molecular weight is 281 g/mol. The van der Waals surface area contributed by atoms with Crippen molar-refractivity contribution in [3.63, 3.8) is 0 Å². The van der Waals surface area contributed by atoms with Crippen LogP contribution in [0.5, 0.6) is 0 Å². The molecule has 0 radical (unpaired) electrons. The molecule has 0 aliphatic rings. The molecule has 0 bridgehead atoms. The van der Waals surface area contributed by atoms with Gasteiger partial charge in [0.25, 0.3) is 0 Å². The van der Waals surface area contributed by atoms with E-state index in [9.17, 15) is 5.11 Å². The van der Waals surface area contributed by atoms with Crippen molar-refractivity contribution >= 4 is 11.0 Å². The van der Waals surface area contributed by atoms with Gasteiger partial charge < -0.3 is 9.63 Å². The molecule has 108 valence electrons. The van der Waals surface area contributed by atoms with Gasteiger partial charge in [-0.2, -0.15) is 0 Å². The molecule has 2 unspecified atom stereocenters. The second kappa shape index (κ2) is 5.70. The first-order chi connectivity index (χ1) is 10.2. The van der Waals surface area contributed by atoms with Crippen LogP contribution in [0.25, 0.3) is 22.2 Å². The van der Waals surface area contributed by atoms with Gasteiger partial charge in [-0.15, -0.1) is 0 Å². The number of hydrogen-bond acceptors (Lipinski definition) is 3. The lowest BCUT2D eigenvalue weighted by Gasteiger charge is -2.16. The molecule has 3 rings (SSSR count). The molecule has 0 fully saturated rings. The van der Waals surface area contributed by atoms with Crippen LogP contribution in [0.15, 0.2) is 53.1 Å². The third kappa shape index (κ3) is 2.69. The van der Waals surface area contributed by atoms with Crippen LogP contribution in [-0.4, -0.2) is 16.4 Å². The van der Waals surface area contributed by atoms with Gasteiger partial charge in [-0.05, 0) is 37.0 Å². The van der Waals surface area contributed by atoms with Crippen molar-refractivity contribution in [2.24, 2.45) is 0 Å². The highest BCUT2D eigenvalue weighted by Crippen LogP contribution is 2.34. The van der Waals surface area contributed by atoms with Crippen LogP contribution in [-0.2, 0) is 0 Å². The highest BCUT2D eigenvalue weighted by atomic mass is 16.5. The predicted octanol–water partition coefficient (Wildman–Crippen LogP) is 4.37. The number of aromatic nitrogens is 1. The highest BCUT2D eigenvalue weighted by molar-refractivity contribution is 5.92. The Kier molecular flexibility index (Phi) is 3.76. The topological polar surface area (TPSA) is 46.3 Å². The minimum atomic E-state index is -0.317. The Labute approximate surface area is 124 Å². The van der Waals surface area contributed by atoms with Crippen LogP contribution < -0.4 is 0 Å². The van der Waals surface area contributed by atoms with E-state index in [1.807, 2.05) is 43.3 Å². The highest BCUT2D eigenvalue weighted by Gasteiger charge is 2.17. The second-order valence-electron chi connectivity index (χ2n) is 5.60. The van der Waals surface area contributed by atoms with Gasteiger partial charge in [0.05, 0.1) is 6.10 Å². The van der Waals surface area contributed by atoms with E-state index in [-0.39, 0.29) is 12.0 Å². The Morgan fingerprint density at radius 3 is 2.57 bits per heavy atom. The number of para-hydroxylation sites is 1. The van der Waals surface area contributed by atoms with Crippen LogP contribution in [0, 0.1) is 0 Å². The Morgan fingerprint density at radius 1 is 1.05 bits per heavy atom. The van der Waals surface area contributed by atoms with E-state index in [2.05, 4.69) is 24.2 Å². The van der Waals surface area contributed by atoms with E-state index in [0.29, 0.717) is 0 Å². The molecule has 3 heteroatoms. The van der Waals surface area contributed by atoms with Crippen molar-refractivity contribution in [2.45, 2.75) is 32.3 Å². The number of fused-ring (bicyclic) bond motifs is 1. The summed E-state index contributed by atoms with van der Waals surface area (Å²) < 4.78 is 5.42. The van der Waals surface area contributed by atoms with Crippen molar-refractivity contribution < 1.29 is 9.63 Å². The van der Waals surface area contributed by atoms with E-state index >= 15 is 0 Å². The SMILES string of the molecule is CC(O)CC(C)c1ccccc1-c1noc2ccccc12. The minimum absolute atomic E-state index is 0.261. The van der Waals surface area contributed by atoms with Crippen LogP contribution in [0.4, 0.5) is 0 Å². The monoisotopic (exact) mass is 281 g/mol. The number of nitrogens with zero attached hydrogens (tertiary/aromatic N) is 1. The fourth-order valence-electron chi connectivity index (χ4n) is 2.86. The van der Waals surface area contributed by atoms with Crippen molar-refractivity contribution in [3.8, 4) is 11.3 Å². The van der Waals surface area contributed by atoms with Gasteiger partial charge in [0, 0.05) is 10.9 Å². The zero-order chi connectivity index (χ0) is 14.8. The first kappa shape index (κ1) is 13.8. The molecule has 0 saturated heterocycles. The van der Waals surface area contributed by atoms with Crippen LogP contribution in [0.2, 0.25) is 0 Å². The van der Waals surface area contributed by atoms with Gasteiger partial charge in [-0.3, -0.25) is 0 Å². The molecular formula is C18H19NO2. The molecular weight excluding hydrogens is 262 g/mol. The minimum Gasteiger partial charge on any atom is -0.393 e. The summed E-state index contributed by atoms with van der Waals surface area (Å²) in [6.45, 7) is 3.96. The fraction of sp³-hybridized carbons (Fsp3) is 0.278. The molecule has 2 aromatic carbocycles. The molecule has 0 aliphatic heterocycles. The molecule has 2 atom stereocenters. The standard InChI is InChI=1S/C18H19NO2/c1-12(11-13(2)20)14-7-3-4-8-15(14)18-16-9-5-6-10-17(16)21-19-18/h3-10,12-13,20H,11H2,1-2H3. The maximum Gasteiger partial charge on any atom is 0.167 e. The number of hydrogen-bond donors (Lipinski definition) is 1. The van der Waals surface area contributed by atoms with Crippen molar-refractivity contribution in [2.75, 3.05) is 0 Å². The third-order valence-electron chi connectivity index (χ3n) is 3.82. The van der Waals surface area contributed by atoms with E-state index in [4.69, 9.17) is 4.52 Å². The molecule has 1 heterocycles. The lowest BCUT2D eigenvalue weighted by molar-refractivity contribution is 0.176. The lowest BCUT2D eigenvalue weighted by Crippen LogP contribution is -2.07. The summed E-state index contributed by atoms with van der Waals surface area (Å²) >= 11 is 0. The number of aliphatic hydroxyl groups excluding tert-OH is 1. The number of benzene rings is 2. The van der Waals surface area contributed by atoms with Crippen molar-refractivity contribution in [1.29, 1.82) is 0 Å². The van der Waals surface area contributed by atoms with Gasteiger partial charge in [0.1, 0.15) is 5.69 Å². The van der Waals surface area contributed by atoms with E-state index in [1.54, 1.807) is 0 Å². The first-order valence-corrected chi connectivity index (χ1v) is 7.28. The summed E-state index contributed by atoms with van der Waals surface area (Å²) in [7, 11) is 0. The molecule has 0 aliphatic carbocycles. The number of rotatable bonds is 4. The second-order valence-corrected chi connectivity index (χ2v) is 5.60. The zero-order valence-electron chi connectivity index (χ0n) is 12.3. The third-order valence-corrected chi connectivity index (χ3v) is 3.82. The maximum absolute atomic E-state index is 9.64. The van der Waals surface area contributed by atoms with Crippen LogP contribution in [0.3, 0.4) is 0 Å². The Balaban J connectivity index is 2.10. The first-order valence-electron chi connectivity index (χ1n) is 7.28. The van der Waals surface area contributed by atoms with Crippen LogP contribution in [0.1, 0.15) is 31.7 Å². The molecule has 0 spiro atoms. The molecule has 21 heavy (non-hydrogen) atoms. The maximum atomic E-state index is 9.64. The molecule has 0 amide bonds. The summed E-state index contributed by atoms with van der Waals surface area (Å²) in [5.41, 5.74) is 3.94. The molecule has 0 saturated carbocycles. The molecule has 3 aromatic rings. The summed E-state index contributed by atoms with van der Waals surface area (Å²) in [5, 5.41) is 14.9. The normalized spacial score (nSPS) is 14.2. The average Bonchev–Trinajstić information content (AvgIpc) is 2.90. The molecule has 1 aromatic heterocycles. The van der Waals surface area contributed by atoms with E-state index in [0.717, 1.165) is 28.6 Å². The van der Waals surface area contributed by atoms with Gasteiger partial charge in [-0.25, -0.2) is 0 Å². The van der Waals surface area contributed by atoms with Gasteiger partial charge in [-0.1, -0.05) is 48.5 Å². The Bertz CT molecular complexity index is 746. The molecule has 3 nitrogen and oxygen atoms in total. The van der Waals surface area contributed by atoms with Crippen molar-refractivity contribution in [3.05, 3.63) is 54.1 Å². The molecule has 1 N–H and O–H groups in total. The summed E-state index contributed by atoms with van der Waals surface area (Å²) in [6, 6.07) is 16.1. The summed E-state index contributed by atoms with van der Waals surface area (Å²) in [5.74, 6) is 0.261. The largest absolute Gasteiger partial charge is 0.393 e. The quantitative estimate of drug-likeness (QED) is 0.772. The van der Waals surface area contributed by atoms with Gasteiger partial charge >= 0.3 is 0 Å². The number of aliphatic hydroxyl groups is 1. The van der Waals surface area contributed by atoms with Crippen molar-refractivity contribution in [1.82, 2.24) is 5.16 Å². The van der Waals surface area contributed by atoms with Gasteiger partial charge in [0.2, 0.25) is 0 Å². The Morgan fingerprint density at radius 2 is 1.76 bits per heavy atom.